The van der Waals surface area contributed by atoms with Crippen LogP contribution < -0.4 is 10.2 Å². The van der Waals surface area contributed by atoms with E-state index in [1.54, 1.807) is 4.90 Å². The summed E-state index contributed by atoms with van der Waals surface area (Å²) >= 11 is 5.93. The summed E-state index contributed by atoms with van der Waals surface area (Å²) in [5.41, 5.74) is 0.887. The smallest absolute Gasteiger partial charge is 0.244 e. The maximum atomic E-state index is 12.1. The SMILES string of the molecule is CNC1CCCN(c2cccc(Cl)c2)C1=O. The summed E-state index contributed by atoms with van der Waals surface area (Å²) in [5.74, 6) is 0.135. The van der Waals surface area contributed by atoms with Gasteiger partial charge >= 0.3 is 0 Å². The van der Waals surface area contributed by atoms with E-state index in [4.69, 9.17) is 11.6 Å². The second kappa shape index (κ2) is 4.85. The third-order valence-electron chi connectivity index (χ3n) is 2.91. The second-order valence-electron chi connectivity index (χ2n) is 3.95. The van der Waals surface area contributed by atoms with Crippen LogP contribution in [0.25, 0.3) is 0 Å². The zero-order valence-corrected chi connectivity index (χ0v) is 10.00. The number of carbonyl (C=O) groups excluding carboxylic acids is 1. The third-order valence-corrected chi connectivity index (χ3v) is 3.14. The van der Waals surface area contributed by atoms with E-state index in [0.717, 1.165) is 25.1 Å². The van der Waals surface area contributed by atoms with Gasteiger partial charge in [0.05, 0.1) is 6.04 Å². The van der Waals surface area contributed by atoms with E-state index in [0.29, 0.717) is 5.02 Å². The number of nitrogens with one attached hydrogen (secondary N) is 1. The molecule has 0 aromatic heterocycles. The van der Waals surface area contributed by atoms with Crippen molar-refractivity contribution in [3.05, 3.63) is 29.3 Å². The monoisotopic (exact) mass is 238 g/mol. The lowest BCUT2D eigenvalue weighted by atomic mass is 10.0. The standard InChI is InChI=1S/C12H15ClN2O/c1-14-11-6-3-7-15(12(11)16)10-5-2-4-9(13)8-10/h2,4-5,8,11,14H,3,6-7H2,1H3. The molecule has 1 aromatic rings. The molecule has 1 amide bonds. The van der Waals surface area contributed by atoms with Crippen LogP contribution in [0.5, 0.6) is 0 Å². The number of likely N-dealkylation sites (N-methyl/N-ethyl adjacent to an activating group) is 1. The Morgan fingerprint density at radius 3 is 3.00 bits per heavy atom. The van der Waals surface area contributed by atoms with Gasteiger partial charge in [-0.1, -0.05) is 17.7 Å². The first-order chi connectivity index (χ1) is 7.72. The summed E-state index contributed by atoms with van der Waals surface area (Å²) in [4.78, 5) is 13.9. The lowest BCUT2D eigenvalue weighted by Crippen LogP contribution is -2.49. The molecule has 1 fully saturated rings. The highest BCUT2D eigenvalue weighted by Gasteiger charge is 2.28. The van der Waals surface area contributed by atoms with Gasteiger partial charge in [0.1, 0.15) is 0 Å². The molecule has 1 aliphatic heterocycles. The largest absolute Gasteiger partial charge is 0.311 e. The molecule has 0 bridgehead atoms. The van der Waals surface area contributed by atoms with E-state index in [2.05, 4.69) is 5.32 Å². The molecule has 0 radical (unpaired) electrons. The topological polar surface area (TPSA) is 32.3 Å². The maximum absolute atomic E-state index is 12.1. The Kier molecular flexibility index (Phi) is 3.46. The summed E-state index contributed by atoms with van der Waals surface area (Å²) in [7, 11) is 1.82. The summed E-state index contributed by atoms with van der Waals surface area (Å²) in [6.07, 6.45) is 1.93. The van der Waals surface area contributed by atoms with Crippen molar-refractivity contribution in [2.24, 2.45) is 0 Å². The molecule has 4 heteroatoms. The number of piperidine rings is 1. The number of carbonyl (C=O) groups is 1. The first-order valence-corrected chi connectivity index (χ1v) is 5.84. The number of hydrogen-bond donors (Lipinski definition) is 1. The van der Waals surface area contributed by atoms with Gasteiger partial charge in [0.15, 0.2) is 0 Å². The molecule has 2 rings (SSSR count). The van der Waals surface area contributed by atoms with Crippen molar-refractivity contribution in [3.63, 3.8) is 0 Å². The first kappa shape index (κ1) is 11.4. The molecule has 1 aliphatic rings. The predicted molar refractivity (Wildman–Crippen MR) is 65.9 cm³/mol. The highest BCUT2D eigenvalue weighted by molar-refractivity contribution is 6.30. The average Bonchev–Trinajstić information content (AvgIpc) is 2.29. The summed E-state index contributed by atoms with van der Waals surface area (Å²) in [6, 6.07) is 7.37. The Balaban J connectivity index is 2.23. The van der Waals surface area contributed by atoms with Crippen LogP contribution in [-0.2, 0) is 4.79 Å². The first-order valence-electron chi connectivity index (χ1n) is 5.46. The van der Waals surface area contributed by atoms with Crippen molar-refractivity contribution < 1.29 is 4.79 Å². The third kappa shape index (κ3) is 2.20. The number of halogens is 1. The van der Waals surface area contributed by atoms with Gasteiger partial charge in [-0.25, -0.2) is 0 Å². The number of rotatable bonds is 2. The predicted octanol–water partition coefficient (Wildman–Crippen LogP) is 2.05. The highest BCUT2D eigenvalue weighted by atomic mass is 35.5. The fourth-order valence-corrected chi connectivity index (χ4v) is 2.23. The normalized spacial score (nSPS) is 21.2. The van der Waals surface area contributed by atoms with Crippen molar-refractivity contribution in [1.82, 2.24) is 5.32 Å². The van der Waals surface area contributed by atoms with Crippen LogP contribution >= 0.6 is 11.6 Å². The van der Waals surface area contributed by atoms with Gasteiger partial charge in [-0.15, -0.1) is 0 Å². The Bertz CT molecular complexity index is 394. The Hall–Kier alpha value is -1.06. The molecule has 1 unspecified atom stereocenters. The number of benzene rings is 1. The molecule has 0 spiro atoms. The Labute approximate surface area is 100 Å². The molecular formula is C12H15ClN2O. The second-order valence-corrected chi connectivity index (χ2v) is 4.39. The van der Waals surface area contributed by atoms with Crippen LogP contribution in [0.3, 0.4) is 0 Å². The van der Waals surface area contributed by atoms with Gasteiger partial charge in [-0.05, 0) is 38.1 Å². The molecule has 86 valence electrons. The number of anilines is 1. The quantitative estimate of drug-likeness (QED) is 0.856. The minimum atomic E-state index is -0.0623. The lowest BCUT2D eigenvalue weighted by Gasteiger charge is -2.32. The van der Waals surface area contributed by atoms with Gasteiger partial charge in [0, 0.05) is 17.3 Å². The molecule has 0 aliphatic carbocycles. The lowest BCUT2D eigenvalue weighted by molar-refractivity contribution is -0.121. The van der Waals surface area contributed by atoms with Crippen LogP contribution in [0.2, 0.25) is 5.02 Å². The molecule has 1 N–H and O–H groups in total. The zero-order valence-electron chi connectivity index (χ0n) is 9.24. The van der Waals surface area contributed by atoms with E-state index in [1.165, 1.54) is 0 Å². The van der Waals surface area contributed by atoms with Crippen LogP contribution in [0, 0.1) is 0 Å². The van der Waals surface area contributed by atoms with Crippen LogP contribution in [-0.4, -0.2) is 25.5 Å². The van der Waals surface area contributed by atoms with E-state index in [1.807, 2.05) is 31.3 Å². The van der Waals surface area contributed by atoms with Crippen molar-refractivity contribution in [1.29, 1.82) is 0 Å². The van der Waals surface area contributed by atoms with Gasteiger partial charge in [-0.2, -0.15) is 0 Å². The molecule has 16 heavy (non-hydrogen) atoms. The van der Waals surface area contributed by atoms with E-state index in [9.17, 15) is 4.79 Å². The molecule has 3 nitrogen and oxygen atoms in total. The van der Waals surface area contributed by atoms with Gasteiger partial charge in [0.25, 0.3) is 0 Å². The number of nitrogens with zero attached hydrogens (tertiary/aromatic N) is 1. The van der Waals surface area contributed by atoms with Crippen molar-refractivity contribution in [2.45, 2.75) is 18.9 Å². The highest BCUT2D eigenvalue weighted by Crippen LogP contribution is 2.23. The van der Waals surface area contributed by atoms with Gasteiger partial charge in [-0.3, -0.25) is 4.79 Å². The average molecular weight is 239 g/mol. The minimum absolute atomic E-state index is 0.0623. The molecule has 1 saturated heterocycles. The molecule has 1 atom stereocenters. The fraction of sp³-hybridized carbons (Fsp3) is 0.417. The van der Waals surface area contributed by atoms with E-state index in [-0.39, 0.29) is 11.9 Å². The summed E-state index contributed by atoms with van der Waals surface area (Å²) < 4.78 is 0. The minimum Gasteiger partial charge on any atom is -0.311 e. The molecule has 1 heterocycles. The molecular weight excluding hydrogens is 224 g/mol. The zero-order chi connectivity index (χ0) is 11.5. The number of hydrogen-bond acceptors (Lipinski definition) is 2. The van der Waals surface area contributed by atoms with Crippen LogP contribution in [0.1, 0.15) is 12.8 Å². The van der Waals surface area contributed by atoms with E-state index < -0.39 is 0 Å². The van der Waals surface area contributed by atoms with Gasteiger partial charge in [0.2, 0.25) is 5.91 Å². The molecule has 0 saturated carbocycles. The van der Waals surface area contributed by atoms with Crippen molar-refractivity contribution in [2.75, 3.05) is 18.5 Å². The number of amides is 1. The van der Waals surface area contributed by atoms with E-state index >= 15 is 0 Å². The Morgan fingerprint density at radius 2 is 2.31 bits per heavy atom. The fourth-order valence-electron chi connectivity index (χ4n) is 2.04. The Morgan fingerprint density at radius 1 is 1.50 bits per heavy atom. The maximum Gasteiger partial charge on any atom is 0.244 e. The van der Waals surface area contributed by atoms with Gasteiger partial charge < -0.3 is 10.2 Å². The van der Waals surface area contributed by atoms with Crippen LogP contribution in [0.4, 0.5) is 5.69 Å². The van der Waals surface area contributed by atoms with Crippen LogP contribution in [0.15, 0.2) is 24.3 Å². The van der Waals surface area contributed by atoms with Crippen molar-refractivity contribution >= 4 is 23.2 Å². The van der Waals surface area contributed by atoms with Crippen molar-refractivity contribution in [3.8, 4) is 0 Å². The molecule has 1 aromatic carbocycles. The summed E-state index contributed by atoms with van der Waals surface area (Å²) in [6.45, 7) is 0.775. The summed E-state index contributed by atoms with van der Waals surface area (Å²) in [5, 5.41) is 3.71.